The predicted molar refractivity (Wildman–Crippen MR) is 68.9 cm³/mol. The third-order valence-electron chi connectivity index (χ3n) is 2.85. The molecule has 0 aliphatic heterocycles. The molecule has 0 aliphatic carbocycles. The van der Waals surface area contributed by atoms with Crippen molar-refractivity contribution in [3.05, 3.63) is 24.0 Å². The molecule has 118 valence electrons. The van der Waals surface area contributed by atoms with Gasteiger partial charge in [-0.05, 0) is 26.0 Å². The molecule has 1 rings (SSSR count). The molecule has 1 N–H and O–H groups in total. The number of aliphatic carboxylic acids is 1. The number of carboxylic acid groups (broad SMARTS) is 1. The molecule has 0 saturated carbocycles. The van der Waals surface area contributed by atoms with E-state index in [0.717, 1.165) is 4.57 Å². The summed E-state index contributed by atoms with van der Waals surface area (Å²) in [6.45, 7) is 2.04. The molecule has 0 bridgehead atoms. The fourth-order valence-electron chi connectivity index (χ4n) is 1.90. The largest absolute Gasteiger partial charge is 0.481 e. The number of rotatable bonds is 6. The fraction of sp³-hybridized carbons (Fsp3) is 0.538. The number of amides is 1. The van der Waals surface area contributed by atoms with Crippen molar-refractivity contribution < 1.29 is 27.9 Å². The normalized spacial score (nSPS) is 11.7. The number of hydrogen-bond acceptors (Lipinski definition) is 2. The van der Waals surface area contributed by atoms with Gasteiger partial charge in [0.2, 0.25) is 0 Å². The number of nitrogens with zero attached hydrogens (tertiary/aromatic N) is 2. The second-order valence-electron chi connectivity index (χ2n) is 4.87. The summed E-state index contributed by atoms with van der Waals surface area (Å²) in [5, 5.41) is 8.67. The zero-order valence-electron chi connectivity index (χ0n) is 11.7. The standard InChI is InChI=1S/C13H17F3N2O3/c1-9(2)18(7-5-11(19)20)12(21)10-4-3-6-17(10)8-13(14,15)16/h3-4,6,9H,5,7-8H2,1-2H3,(H,19,20). The highest BCUT2D eigenvalue weighted by atomic mass is 19.4. The maximum atomic E-state index is 12.5. The number of carbonyl (C=O) groups is 2. The van der Waals surface area contributed by atoms with Crippen LogP contribution < -0.4 is 0 Å². The Kier molecular flexibility index (Phi) is 5.40. The summed E-state index contributed by atoms with van der Waals surface area (Å²) in [5.74, 6) is -1.68. The first-order chi connectivity index (χ1) is 9.61. The highest BCUT2D eigenvalue weighted by Gasteiger charge is 2.30. The van der Waals surface area contributed by atoms with Crippen LogP contribution in [0.25, 0.3) is 0 Å². The molecule has 0 aliphatic rings. The van der Waals surface area contributed by atoms with Crippen LogP contribution >= 0.6 is 0 Å². The first-order valence-electron chi connectivity index (χ1n) is 6.36. The minimum Gasteiger partial charge on any atom is -0.481 e. The minimum atomic E-state index is -4.43. The molecular weight excluding hydrogens is 289 g/mol. The Morgan fingerprint density at radius 2 is 2.00 bits per heavy atom. The van der Waals surface area contributed by atoms with E-state index in [-0.39, 0.29) is 24.7 Å². The van der Waals surface area contributed by atoms with Crippen molar-refractivity contribution in [3.63, 3.8) is 0 Å². The van der Waals surface area contributed by atoms with E-state index in [9.17, 15) is 22.8 Å². The molecule has 0 fully saturated rings. The van der Waals surface area contributed by atoms with Gasteiger partial charge in [0.15, 0.2) is 0 Å². The topological polar surface area (TPSA) is 62.5 Å². The van der Waals surface area contributed by atoms with Gasteiger partial charge in [0, 0.05) is 18.8 Å². The van der Waals surface area contributed by atoms with Crippen LogP contribution in [-0.4, -0.2) is 45.2 Å². The average molecular weight is 306 g/mol. The molecule has 8 heteroatoms. The van der Waals surface area contributed by atoms with Gasteiger partial charge >= 0.3 is 12.1 Å². The third-order valence-corrected chi connectivity index (χ3v) is 2.85. The summed E-state index contributed by atoms with van der Waals surface area (Å²) in [4.78, 5) is 24.2. The summed E-state index contributed by atoms with van der Waals surface area (Å²) in [5.41, 5.74) is -0.105. The van der Waals surface area contributed by atoms with E-state index in [2.05, 4.69) is 0 Å². The number of aromatic nitrogens is 1. The van der Waals surface area contributed by atoms with Gasteiger partial charge in [0.25, 0.3) is 5.91 Å². The lowest BCUT2D eigenvalue weighted by Crippen LogP contribution is -2.39. The summed E-state index contributed by atoms with van der Waals surface area (Å²) in [6, 6.07) is 2.34. The van der Waals surface area contributed by atoms with Crippen LogP contribution in [0.2, 0.25) is 0 Å². The predicted octanol–water partition coefficient (Wildman–Crippen LogP) is 2.38. The van der Waals surface area contributed by atoms with Crippen LogP contribution in [0.3, 0.4) is 0 Å². The number of halogens is 3. The van der Waals surface area contributed by atoms with Crippen LogP contribution in [-0.2, 0) is 11.3 Å². The summed E-state index contributed by atoms with van der Waals surface area (Å²) < 4.78 is 38.2. The SMILES string of the molecule is CC(C)N(CCC(=O)O)C(=O)c1cccn1CC(F)(F)F. The van der Waals surface area contributed by atoms with Crippen molar-refractivity contribution in [3.8, 4) is 0 Å². The molecule has 0 spiro atoms. The smallest absolute Gasteiger partial charge is 0.406 e. The quantitative estimate of drug-likeness (QED) is 0.877. The molecule has 1 aromatic heterocycles. The van der Waals surface area contributed by atoms with Crippen molar-refractivity contribution in [2.24, 2.45) is 0 Å². The fourth-order valence-corrected chi connectivity index (χ4v) is 1.90. The molecule has 0 atom stereocenters. The van der Waals surface area contributed by atoms with Crippen molar-refractivity contribution in [1.82, 2.24) is 9.47 Å². The van der Waals surface area contributed by atoms with Gasteiger partial charge in [0.05, 0.1) is 6.42 Å². The number of alkyl halides is 3. The Morgan fingerprint density at radius 1 is 1.38 bits per heavy atom. The first-order valence-corrected chi connectivity index (χ1v) is 6.36. The lowest BCUT2D eigenvalue weighted by atomic mass is 10.2. The van der Waals surface area contributed by atoms with Crippen molar-refractivity contribution in [1.29, 1.82) is 0 Å². The van der Waals surface area contributed by atoms with Gasteiger partial charge in [0.1, 0.15) is 12.2 Å². The number of carboxylic acids is 1. The summed E-state index contributed by atoms with van der Waals surface area (Å²) >= 11 is 0. The second-order valence-corrected chi connectivity index (χ2v) is 4.87. The molecule has 0 saturated heterocycles. The maximum absolute atomic E-state index is 12.5. The summed E-state index contributed by atoms with van der Waals surface area (Å²) in [7, 11) is 0. The maximum Gasteiger partial charge on any atom is 0.406 e. The lowest BCUT2D eigenvalue weighted by molar-refractivity contribution is -0.140. The molecular formula is C13H17F3N2O3. The third kappa shape index (κ3) is 5.13. The van der Waals surface area contributed by atoms with Gasteiger partial charge in [-0.2, -0.15) is 13.2 Å². The molecule has 0 aromatic carbocycles. The van der Waals surface area contributed by atoms with Crippen molar-refractivity contribution in [2.75, 3.05) is 6.54 Å². The van der Waals surface area contributed by atoms with E-state index in [4.69, 9.17) is 5.11 Å². The molecule has 1 heterocycles. The van der Waals surface area contributed by atoms with Gasteiger partial charge in [-0.3, -0.25) is 9.59 Å². The molecule has 0 radical (unpaired) electrons. The van der Waals surface area contributed by atoms with Gasteiger partial charge in [-0.15, -0.1) is 0 Å². The van der Waals surface area contributed by atoms with Crippen LogP contribution in [0, 0.1) is 0 Å². The van der Waals surface area contributed by atoms with Crippen LogP contribution in [0.5, 0.6) is 0 Å². The van der Waals surface area contributed by atoms with E-state index in [1.165, 1.54) is 23.2 Å². The van der Waals surface area contributed by atoms with Crippen LogP contribution in [0.15, 0.2) is 18.3 Å². The van der Waals surface area contributed by atoms with E-state index in [0.29, 0.717) is 0 Å². The molecule has 21 heavy (non-hydrogen) atoms. The molecule has 5 nitrogen and oxygen atoms in total. The zero-order valence-corrected chi connectivity index (χ0v) is 11.7. The number of carbonyl (C=O) groups excluding carboxylic acids is 1. The van der Waals surface area contributed by atoms with Crippen LogP contribution in [0.4, 0.5) is 13.2 Å². The number of hydrogen-bond donors (Lipinski definition) is 1. The highest BCUT2D eigenvalue weighted by molar-refractivity contribution is 5.93. The first kappa shape index (κ1) is 17.1. The summed E-state index contributed by atoms with van der Waals surface area (Å²) in [6.07, 6.45) is -3.52. The Balaban J connectivity index is 2.94. The van der Waals surface area contributed by atoms with E-state index in [1.54, 1.807) is 13.8 Å². The lowest BCUT2D eigenvalue weighted by Gasteiger charge is -2.26. The molecule has 1 aromatic rings. The van der Waals surface area contributed by atoms with Gasteiger partial charge < -0.3 is 14.6 Å². The zero-order chi connectivity index (χ0) is 16.2. The Hall–Kier alpha value is -1.99. The van der Waals surface area contributed by atoms with Gasteiger partial charge in [-0.25, -0.2) is 0 Å². The Labute approximate surface area is 120 Å². The van der Waals surface area contributed by atoms with E-state index in [1.807, 2.05) is 0 Å². The Morgan fingerprint density at radius 3 is 2.48 bits per heavy atom. The van der Waals surface area contributed by atoms with Crippen LogP contribution in [0.1, 0.15) is 30.8 Å². The minimum absolute atomic E-state index is 0.0525. The highest BCUT2D eigenvalue weighted by Crippen LogP contribution is 2.20. The molecule has 0 unspecified atom stereocenters. The van der Waals surface area contributed by atoms with Crippen molar-refractivity contribution >= 4 is 11.9 Å². The van der Waals surface area contributed by atoms with Crippen molar-refractivity contribution in [2.45, 2.75) is 39.0 Å². The Bertz CT molecular complexity index is 509. The molecule has 1 amide bonds. The second kappa shape index (κ2) is 6.64. The van der Waals surface area contributed by atoms with E-state index >= 15 is 0 Å². The average Bonchev–Trinajstić information content (AvgIpc) is 2.73. The van der Waals surface area contributed by atoms with Gasteiger partial charge in [-0.1, -0.05) is 0 Å². The monoisotopic (exact) mass is 306 g/mol. The van der Waals surface area contributed by atoms with E-state index < -0.39 is 24.6 Å².